The van der Waals surface area contributed by atoms with E-state index in [1.54, 1.807) is 28.9 Å². The van der Waals surface area contributed by atoms with E-state index in [4.69, 9.17) is 0 Å². The molecule has 0 radical (unpaired) electrons. The minimum absolute atomic E-state index is 0.236. The van der Waals surface area contributed by atoms with Crippen LogP contribution in [0.1, 0.15) is 13.3 Å². The third kappa shape index (κ3) is 2.30. The fourth-order valence-electron chi connectivity index (χ4n) is 2.07. The Morgan fingerprint density at radius 1 is 1.25 bits per heavy atom. The maximum Gasteiger partial charge on any atom is 0.155 e. The summed E-state index contributed by atoms with van der Waals surface area (Å²) >= 11 is 0. The van der Waals surface area contributed by atoms with Crippen LogP contribution in [-0.4, -0.2) is 26.2 Å². The summed E-state index contributed by atoms with van der Waals surface area (Å²) in [6.45, 7) is 2.99. The molecule has 3 rings (SSSR count). The summed E-state index contributed by atoms with van der Waals surface area (Å²) in [6, 6.07) is 10.9. The van der Waals surface area contributed by atoms with Gasteiger partial charge in [0.1, 0.15) is 11.6 Å². The largest absolute Gasteiger partial charge is 0.508 e. The van der Waals surface area contributed by atoms with Crippen molar-refractivity contribution in [2.45, 2.75) is 13.3 Å². The number of phenolic OH excluding ortho intramolecular Hbond substituents is 1. The van der Waals surface area contributed by atoms with Gasteiger partial charge in [0.25, 0.3) is 0 Å². The van der Waals surface area contributed by atoms with Gasteiger partial charge < -0.3 is 10.4 Å². The van der Waals surface area contributed by atoms with E-state index in [9.17, 15) is 5.11 Å². The summed E-state index contributed by atoms with van der Waals surface area (Å²) in [5, 5.41) is 17.4. The topological polar surface area (TPSA) is 62.5 Å². The van der Waals surface area contributed by atoms with E-state index in [2.05, 4.69) is 22.3 Å². The molecule has 0 unspecified atom stereocenters. The Labute approximate surface area is 116 Å². The monoisotopic (exact) mass is 268 g/mol. The summed E-state index contributed by atoms with van der Waals surface area (Å²) in [6.07, 6.45) is 2.82. The first-order valence-corrected chi connectivity index (χ1v) is 6.66. The van der Waals surface area contributed by atoms with Gasteiger partial charge in [-0.3, -0.25) is 0 Å². The van der Waals surface area contributed by atoms with Gasteiger partial charge in [0.2, 0.25) is 0 Å². The van der Waals surface area contributed by atoms with Gasteiger partial charge in [-0.25, -0.2) is 4.98 Å². The maximum absolute atomic E-state index is 9.56. The molecule has 0 atom stereocenters. The fraction of sp³-hybridized carbons (Fsp3) is 0.200. The lowest BCUT2D eigenvalue weighted by molar-refractivity contribution is 0.475. The summed E-state index contributed by atoms with van der Waals surface area (Å²) in [7, 11) is 0. The normalized spacial score (nSPS) is 10.8. The van der Waals surface area contributed by atoms with Gasteiger partial charge in [-0.15, -0.1) is 0 Å². The Hall–Kier alpha value is -2.56. The maximum atomic E-state index is 9.56. The van der Waals surface area contributed by atoms with Crippen molar-refractivity contribution in [1.29, 1.82) is 0 Å². The van der Waals surface area contributed by atoms with Crippen LogP contribution in [0.25, 0.3) is 16.9 Å². The number of hydrogen-bond donors (Lipinski definition) is 2. The molecule has 1 aromatic carbocycles. The second kappa shape index (κ2) is 5.21. The van der Waals surface area contributed by atoms with Crippen LogP contribution < -0.4 is 5.32 Å². The van der Waals surface area contributed by atoms with Crippen molar-refractivity contribution in [3.05, 3.63) is 42.6 Å². The first kappa shape index (κ1) is 12.5. The van der Waals surface area contributed by atoms with Gasteiger partial charge in [-0.1, -0.05) is 19.1 Å². The van der Waals surface area contributed by atoms with Crippen molar-refractivity contribution in [1.82, 2.24) is 14.6 Å². The van der Waals surface area contributed by atoms with Crippen molar-refractivity contribution in [2.24, 2.45) is 0 Å². The number of imidazole rings is 1. The molecule has 0 fully saturated rings. The molecule has 0 bridgehead atoms. The number of nitrogens with one attached hydrogen (secondary N) is 1. The quantitative estimate of drug-likeness (QED) is 0.763. The van der Waals surface area contributed by atoms with Gasteiger partial charge in [-0.05, 0) is 30.7 Å². The van der Waals surface area contributed by atoms with Crippen LogP contribution in [0.15, 0.2) is 42.6 Å². The Morgan fingerprint density at radius 3 is 2.95 bits per heavy atom. The van der Waals surface area contributed by atoms with Crippen molar-refractivity contribution in [3.63, 3.8) is 0 Å². The molecule has 2 aromatic heterocycles. The van der Waals surface area contributed by atoms with Crippen molar-refractivity contribution in [2.75, 3.05) is 11.9 Å². The van der Waals surface area contributed by atoms with Crippen LogP contribution in [0.2, 0.25) is 0 Å². The fourth-order valence-corrected chi connectivity index (χ4v) is 2.07. The lowest BCUT2D eigenvalue weighted by Gasteiger charge is -2.06. The molecule has 0 amide bonds. The average Bonchev–Trinajstić information content (AvgIpc) is 2.87. The smallest absolute Gasteiger partial charge is 0.155 e. The molecular formula is C15H16N4O. The third-order valence-corrected chi connectivity index (χ3v) is 3.06. The van der Waals surface area contributed by atoms with Crippen LogP contribution in [-0.2, 0) is 0 Å². The first-order valence-electron chi connectivity index (χ1n) is 6.66. The third-order valence-electron chi connectivity index (χ3n) is 3.06. The van der Waals surface area contributed by atoms with Crippen molar-refractivity contribution >= 4 is 11.5 Å². The van der Waals surface area contributed by atoms with Crippen LogP contribution in [0.4, 0.5) is 5.82 Å². The van der Waals surface area contributed by atoms with Gasteiger partial charge >= 0.3 is 0 Å². The van der Waals surface area contributed by atoms with E-state index in [1.807, 2.05) is 18.2 Å². The van der Waals surface area contributed by atoms with Gasteiger partial charge in [0, 0.05) is 12.1 Å². The Morgan fingerprint density at radius 2 is 2.15 bits per heavy atom. The number of aromatic nitrogens is 3. The zero-order valence-corrected chi connectivity index (χ0v) is 11.2. The van der Waals surface area contributed by atoms with E-state index in [0.717, 1.165) is 35.7 Å². The van der Waals surface area contributed by atoms with Crippen molar-refractivity contribution in [3.8, 4) is 17.0 Å². The van der Waals surface area contributed by atoms with Gasteiger partial charge in [0.05, 0.1) is 11.9 Å². The molecule has 3 aromatic rings. The highest BCUT2D eigenvalue weighted by Gasteiger charge is 2.06. The number of rotatable bonds is 4. The van der Waals surface area contributed by atoms with Crippen molar-refractivity contribution < 1.29 is 5.11 Å². The number of benzene rings is 1. The zero-order chi connectivity index (χ0) is 13.9. The minimum Gasteiger partial charge on any atom is -0.508 e. The van der Waals surface area contributed by atoms with Gasteiger partial charge in [0.15, 0.2) is 5.65 Å². The number of hydrogen-bond acceptors (Lipinski definition) is 4. The molecule has 2 N–H and O–H groups in total. The molecule has 20 heavy (non-hydrogen) atoms. The highest BCUT2D eigenvalue weighted by Crippen LogP contribution is 2.22. The van der Waals surface area contributed by atoms with E-state index in [-0.39, 0.29) is 5.75 Å². The number of phenols is 1. The highest BCUT2D eigenvalue weighted by molar-refractivity contribution is 5.63. The summed E-state index contributed by atoms with van der Waals surface area (Å²) in [5.41, 5.74) is 2.47. The van der Waals surface area contributed by atoms with Crippen LogP contribution >= 0.6 is 0 Å². The second-order valence-electron chi connectivity index (χ2n) is 4.61. The predicted octanol–water partition coefficient (Wildman–Crippen LogP) is 2.92. The molecular weight excluding hydrogens is 252 g/mol. The molecule has 0 aliphatic rings. The molecule has 5 nitrogen and oxygen atoms in total. The lowest BCUT2D eigenvalue weighted by Crippen LogP contribution is -2.04. The number of fused-ring (bicyclic) bond motifs is 1. The van der Waals surface area contributed by atoms with Crippen LogP contribution in [0, 0.1) is 0 Å². The predicted molar refractivity (Wildman–Crippen MR) is 78.9 cm³/mol. The average molecular weight is 268 g/mol. The molecule has 0 saturated heterocycles. The van der Waals surface area contributed by atoms with E-state index in [0.29, 0.717) is 0 Å². The standard InChI is InChI=1S/C15H16N4O/c1-2-8-16-15-10-17-14-7-6-13(18-19(14)15)11-4-3-5-12(20)9-11/h3-7,9-10,16,20H,2,8H2,1H3. The van der Waals surface area contributed by atoms with Gasteiger partial charge in [-0.2, -0.15) is 9.61 Å². The molecule has 2 heterocycles. The van der Waals surface area contributed by atoms with E-state index in [1.165, 1.54) is 0 Å². The number of nitrogens with zero attached hydrogens (tertiary/aromatic N) is 3. The zero-order valence-electron chi connectivity index (χ0n) is 11.2. The second-order valence-corrected chi connectivity index (χ2v) is 4.61. The molecule has 5 heteroatoms. The summed E-state index contributed by atoms with van der Waals surface area (Å²) in [5.74, 6) is 1.11. The number of aromatic hydroxyl groups is 1. The lowest BCUT2D eigenvalue weighted by atomic mass is 10.1. The molecule has 102 valence electrons. The summed E-state index contributed by atoms with van der Waals surface area (Å²) in [4.78, 5) is 4.31. The SMILES string of the molecule is CCCNc1cnc2ccc(-c3cccc(O)c3)nn12. The highest BCUT2D eigenvalue weighted by atomic mass is 16.3. The van der Waals surface area contributed by atoms with Crippen LogP contribution in [0.5, 0.6) is 5.75 Å². The Kier molecular flexibility index (Phi) is 3.25. The molecule has 0 aliphatic carbocycles. The molecule has 0 aliphatic heterocycles. The van der Waals surface area contributed by atoms with E-state index < -0.39 is 0 Å². The number of anilines is 1. The van der Waals surface area contributed by atoms with E-state index >= 15 is 0 Å². The molecule has 0 saturated carbocycles. The Bertz CT molecular complexity index is 736. The summed E-state index contributed by atoms with van der Waals surface area (Å²) < 4.78 is 1.79. The first-order chi connectivity index (χ1) is 9.78. The molecule has 0 spiro atoms. The minimum atomic E-state index is 0.236. The Balaban J connectivity index is 2.04. The van der Waals surface area contributed by atoms with Crippen LogP contribution in [0.3, 0.4) is 0 Å².